The summed E-state index contributed by atoms with van der Waals surface area (Å²) in [6.45, 7) is 8.20. The third-order valence-corrected chi connectivity index (χ3v) is 6.29. The van der Waals surface area contributed by atoms with Crippen LogP contribution in [0.5, 0.6) is 0 Å². The Morgan fingerprint density at radius 1 is 0.875 bits per heavy atom. The van der Waals surface area contributed by atoms with Crippen LogP contribution in [-0.4, -0.2) is 61.3 Å². The van der Waals surface area contributed by atoms with Crippen LogP contribution in [0.4, 0.5) is 31.1 Å². The molecule has 1 aromatic carbocycles. The molecule has 1 aliphatic rings. The highest BCUT2D eigenvalue weighted by molar-refractivity contribution is 5.81. The molecular formula is C27H40F6N4O3. The quantitative estimate of drug-likeness (QED) is 0.225. The molecule has 1 fully saturated rings. The molecule has 1 heterocycles. The second-order valence-corrected chi connectivity index (χ2v) is 11.0. The minimum Gasteiger partial charge on any atom is -0.444 e. The van der Waals surface area contributed by atoms with Crippen molar-refractivity contribution < 1.29 is 40.7 Å². The maximum absolute atomic E-state index is 13.2. The van der Waals surface area contributed by atoms with Gasteiger partial charge in [0.2, 0.25) is 5.91 Å². The topological polar surface area (TPSA) is 82.7 Å². The Hall–Kier alpha value is -2.54. The zero-order chi connectivity index (χ0) is 30.0. The van der Waals surface area contributed by atoms with Crippen molar-refractivity contribution in [3.8, 4) is 0 Å². The van der Waals surface area contributed by atoms with Crippen molar-refractivity contribution in [2.75, 3.05) is 32.7 Å². The number of alkyl carbamates (subject to hydrolysis) is 1. The van der Waals surface area contributed by atoms with Gasteiger partial charge in [0.15, 0.2) is 0 Å². The number of unbranched alkanes of at least 4 members (excludes halogenated alkanes) is 1. The summed E-state index contributed by atoms with van der Waals surface area (Å²) in [5.41, 5.74) is -3.80. The molecule has 7 nitrogen and oxygen atoms in total. The summed E-state index contributed by atoms with van der Waals surface area (Å²) in [5.74, 6) is -0.523. The SMILES string of the molecule is CC(C)(C)OC(=O)NCCCC[C@H](NCCN1CCCCC1)C(=O)NCc1cc(C(F)(F)F)cc(C(F)(F)F)c1. The molecule has 2 amide bonds. The molecule has 0 aliphatic carbocycles. The van der Waals surface area contributed by atoms with E-state index in [1.807, 2.05) is 0 Å². The Morgan fingerprint density at radius 3 is 2.02 bits per heavy atom. The summed E-state index contributed by atoms with van der Waals surface area (Å²) in [7, 11) is 0. The van der Waals surface area contributed by atoms with E-state index in [4.69, 9.17) is 4.74 Å². The molecule has 0 spiro atoms. The summed E-state index contributed by atoms with van der Waals surface area (Å²) in [6, 6.07) is 0.564. The summed E-state index contributed by atoms with van der Waals surface area (Å²) in [6.07, 6.45) is -5.67. The lowest BCUT2D eigenvalue weighted by atomic mass is 10.0. The molecule has 228 valence electrons. The van der Waals surface area contributed by atoms with Gasteiger partial charge in [0.1, 0.15) is 5.60 Å². The van der Waals surface area contributed by atoms with E-state index in [9.17, 15) is 35.9 Å². The molecule has 1 atom stereocenters. The first-order valence-electron chi connectivity index (χ1n) is 13.5. The van der Waals surface area contributed by atoms with Gasteiger partial charge in [-0.1, -0.05) is 6.42 Å². The third-order valence-electron chi connectivity index (χ3n) is 6.29. The van der Waals surface area contributed by atoms with E-state index < -0.39 is 53.7 Å². The van der Waals surface area contributed by atoms with Gasteiger partial charge < -0.3 is 25.6 Å². The van der Waals surface area contributed by atoms with Gasteiger partial charge in [-0.25, -0.2) is 4.79 Å². The zero-order valence-electron chi connectivity index (χ0n) is 23.2. The van der Waals surface area contributed by atoms with Crippen LogP contribution in [-0.2, 0) is 28.4 Å². The minimum atomic E-state index is -4.97. The molecule has 0 unspecified atom stereocenters. The number of carbonyl (C=O) groups excluding carboxylic acids is 2. The molecule has 1 aromatic rings. The number of amides is 2. The molecule has 13 heteroatoms. The number of nitrogens with zero attached hydrogens (tertiary/aromatic N) is 1. The Morgan fingerprint density at radius 2 is 1.48 bits per heavy atom. The molecule has 2 rings (SSSR count). The molecule has 0 bridgehead atoms. The van der Waals surface area contributed by atoms with E-state index in [1.54, 1.807) is 20.8 Å². The smallest absolute Gasteiger partial charge is 0.416 e. The number of piperidine rings is 1. The van der Waals surface area contributed by atoms with E-state index in [1.165, 1.54) is 6.42 Å². The van der Waals surface area contributed by atoms with Gasteiger partial charge in [-0.15, -0.1) is 0 Å². The summed E-state index contributed by atoms with van der Waals surface area (Å²) in [5, 5.41) is 8.31. The number of hydrogen-bond donors (Lipinski definition) is 3. The molecule has 0 aromatic heterocycles. The van der Waals surface area contributed by atoms with Gasteiger partial charge in [0, 0.05) is 26.2 Å². The van der Waals surface area contributed by atoms with Gasteiger partial charge in [-0.2, -0.15) is 26.3 Å². The molecule has 0 saturated carbocycles. The van der Waals surface area contributed by atoms with Gasteiger partial charge in [0.05, 0.1) is 17.2 Å². The first-order valence-corrected chi connectivity index (χ1v) is 13.5. The molecule has 0 radical (unpaired) electrons. The van der Waals surface area contributed by atoms with Crippen LogP contribution < -0.4 is 16.0 Å². The Balaban J connectivity index is 1.98. The normalized spacial score (nSPS) is 15.9. The van der Waals surface area contributed by atoms with Crippen molar-refractivity contribution in [3.05, 3.63) is 34.9 Å². The van der Waals surface area contributed by atoms with Crippen LogP contribution in [0, 0.1) is 0 Å². The van der Waals surface area contributed by atoms with E-state index in [2.05, 4.69) is 20.9 Å². The Labute approximate surface area is 231 Å². The lowest BCUT2D eigenvalue weighted by molar-refractivity contribution is -0.143. The van der Waals surface area contributed by atoms with Gasteiger partial charge in [-0.05, 0) is 89.7 Å². The van der Waals surface area contributed by atoms with Gasteiger partial charge in [-0.3, -0.25) is 4.79 Å². The molecule has 1 aliphatic heterocycles. The maximum atomic E-state index is 13.2. The number of likely N-dealkylation sites (tertiary alicyclic amines) is 1. The number of nitrogens with one attached hydrogen (secondary N) is 3. The number of ether oxygens (including phenoxy) is 1. The van der Waals surface area contributed by atoms with Crippen molar-refractivity contribution in [2.24, 2.45) is 0 Å². The van der Waals surface area contributed by atoms with Crippen LogP contribution in [0.1, 0.15) is 76.0 Å². The van der Waals surface area contributed by atoms with Crippen molar-refractivity contribution in [1.29, 1.82) is 0 Å². The highest BCUT2D eigenvalue weighted by Crippen LogP contribution is 2.36. The lowest BCUT2D eigenvalue weighted by Crippen LogP contribution is -2.47. The zero-order valence-corrected chi connectivity index (χ0v) is 23.2. The number of benzene rings is 1. The molecule has 1 saturated heterocycles. The summed E-state index contributed by atoms with van der Waals surface area (Å²) >= 11 is 0. The monoisotopic (exact) mass is 582 g/mol. The van der Waals surface area contributed by atoms with Crippen molar-refractivity contribution in [1.82, 2.24) is 20.9 Å². The minimum absolute atomic E-state index is 0.0571. The highest BCUT2D eigenvalue weighted by atomic mass is 19.4. The fourth-order valence-electron chi connectivity index (χ4n) is 4.32. The second-order valence-electron chi connectivity index (χ2n) is 11.0. The second kappa shape index (κ2) is 14.9. The number of alkyl halides is 6. The predicted molar refractivity (Wildman–Crippen MR) is 138 cm³/mol. The van der Waals surface area contributed by atoms with Crippen LogP contribution in [0.3, 0.4) is 0 Å². The van der Waals surface area contributed by atoms with E-state index in [0.29, 0.717) is 51.0 Å². The van der Waals surface area contributed by atoms with Crippen LogP contribution in [0.15, 0.2) is 18.2 Å². The van der Waals surface area contributed by atoms with E-state index in [-0.39, 0.29) is 11.6 Å². The average molecular weight is 583 g/mol. The third kappa shape index (κ3) is 12.8. The fourth-order valence-corrected chi connectivity index (χ4v) is 4.32. The summed E-state index contributed by atoms with van der Waals surface area (Å²) in [4.78, 5) is 27.0. The maximum Gasteiger partial charge on any atom is 0.416 e. The first kappa shape index (κ1) is 33.7. The molecule has 3 N–H and O–H groups in total. The standard InChI is InChI=1S/C27H40F6N4O3/c1-25(2,3)40-24(39)35-10-6-5-9-22(34-11-14-37-12-7-4-8-13-37)23(38)36-18-19-15-20(26(28,29)30)17-21(16-19)27(31,32)33/h15-17,22,34H,4-14,18H2,1-3H3,(H,35,39)(H,36,38)/t22-/m0/s1. The van der Waals surface area contributed by atoms with E-state index in [0.717, 1.165) is 25.9 Å². The summed E-state index contributed by atoms with van der Waals surface area (Å²) < 4.78 is 84.3. The largest absolute Gasteiger partial charge is 0.444 e. The Bertz CT molecular complexity index is 925. The number of halogens is 6. The van der Waals surface area contributed by atoms with Gasteiger partial charge >= 0.3 is 18.4 Å². The first-order chi connectivity index (χ1) is 18.5. The fraction of sp³-hybridized carbons (Fsp3) is 0.704. The van der Waals surface area contributed by atoms with E-state index >= 15 is 0 Å². The van der Waals surface area contributed by atoms with Crippen molar-refractivity contribution >= 4 is 12.0 Å². The van der Waals surface area contributed by atoms with Crippen LogP contribution in [0.2, 0.25) is 0 Å². The predicted octanol–water partition coefficient (Wildman–Crippen LogP) is 5.48. The molecular weight excluding hydrogens is 542 g/mol. The number of carbonyl (C=O) groups is 2. The van der Waals surface area contributed by atoms with Gasteiger partial charge in [0.25, 0.3) is 0 Å². The Kier molecular flexibility index (Phi) is 12.5. The van der Waals surface area contributed by atoms with Crippen LogP contribution >= 0.6 is 0 Å². The highest BCUT2D eigenvalue weighted by Gasteiger charge is 2.37. The van der Waals surface area contributed by atoms with Crippen molar-refractivity contribution in [2.45, 2.75) is 89.8 Å². The number of rotatable bonds is 12. The van der Waals surface area contributed by atoms with Crippen molar-refractivity contribution in [3.63, 3.8) is 0 Å². The van der Waals surface area contributed by atoms with Crippen LogP contribution in [0.25, 0.3) is 0 Å². The lowest BCUT2D eigenvalue weighted by Gasteiger charge is -2.27. The number of hydrogen-bond acceptors (Lipinski definition) is 5. The molecule has 40 heavy (non-hydrogen) atoms. The average Bonchev–Trinajstić information content (AvgIpc) is 2.84.